The molecular weight excluding hydrogens is 380 g/mol. The van der Waals surface area contributed by atoms with Crippen LogP contribution in [-0.4, -0.2) is 35.2 Å². The molecule has 1 aliphatic heterocycles. The fraction of sp³-hybridized carbons (Fsp3) is 0.391. The van der Waals surface area contributed by atoms with Gasteiger partial charge in [0, 0.05) is 31.8 Å². The Balaban J connectivity index is 0.00000280. The zero-order valence-corrected chi connectivity index (χ0v) is 16.6. The SMILES string of the molecule is C#CC1(O)CCN(CCCC(c2ccccc2F)c2ccccc2F)CC1.Cl. The Morgan fingerprint density at radius 2 is 1.50 bits per heavy atom. The highest BCUT2D eigenvalue weighted by Crippen LogP contribution is 2.33. The number of benzene rings is 2. The van der Waals surface area contributed by atoms with E-state index in [1.54, 1.807) is 36.4 Å². The van der Waals surface area contributed by atoms with Crippen LogP contribution >= 0.6 is 12.4 Å². The minimum absolute atomic E-state index is 0. The van der Waals surface area contributed by atoms with E-state index in [0.29, 0.717) is 30.4 Å². The first-order chi connectivity index (χ1) is 13.0. The molecule has 0 aliphatic carbocycles. The van der Waals surface area contributed by atoms with Gasteiger partial charge in [0.25, 0.3) is 0 Å². The molecule has 1 heterocycles. The summed E-state index contributed by atoms with van der Waals surface area (Å²) in [4.78, 5) is 2.26. The molecule has 0 radical (unpaired) electrons. The molecule has 3 rings (SSSR count). The normalized spacial score (nSPS) is 16.4. The minimum atomic E-state index is -0.987. The van der Waals surface area contributed by atoms with Gasteiger partial charge in [-0.3, -0.25) is 0 Å². The van der Waals surface area contributed by atoms with Crippen molar-refractivity contribution in [2.24, 2.45) is 0 Å². The van der Waals surface area contributed by atoms with Crippen LogP contribution in [0.25, 0.3) is 0 Å². The van der Waals surface area contributed by atoms with Crippen LogP contribution < -0.4 is 0 Å². The molecule has 2 aromatic carbocycles. The second-order valence-corrected chi connectivity index (χ2v) is 7.26. The predicted molar refractivity (Wildman–Crippen MR) is 111 cm³/mol. The molecule has 0 saturated carbocycles. The average Bonchev–Trinajstić information content (AvgIpc) is 2.68. The van der Waals surface area contributed by atoms with Gasteiger partial charge in [0.05, 0.1) is 0 Å². The summed E-state index contributed by atoms with van der Waals surface area (Å²) in [6.07, 6.45) is 7.97. The molecule has 1 N–H and O–H groups in total. The van der Waals surface area contributed by atoms with Crippen molar-refractivity contribution in [2.45, 2.75) is 37.2 Å². The van der Waals surface area contributed by atoms with E-state index in [-0.39, 0.29) is 30.0 Å². The Morgan fingerprint density at radius 1 is 1.00 bits per heavy atom. The lowest BCUT2D eigenvalue weighted by Gasteiger charge is -2.35. The molecule has 0 bridgehead atoms. The van der Waals surface area contributed by atoms with Crippen LogP contribution in [0.2, 0.25) is 0 Å². The quantitative estimate of drug-likeness (QED) is 0.700. The van der Waals surface area contributed by atoms with Crippen molar-refractivity contribution < 1.29 is 13.9 Å². The van der Waals surface area contributed by atoms with Crippen molar-refractivity contribution in [1.29, 1.82) is 0 Å². The summed E-state index contributed by atoms with van der Waals surface area (Å²) in [6, 6.07) is 13.2. The van der Waals surface area contributed by atoms with Gasteiger partial charge in [-0.25, -0.2) is 8.78 Å². The summed E-state index contributed by atoms with van der Waals surface area (Å²) < 4.78 is 28.8. The first-order valence-corrected chi connectivity index (χ1v) is 9.44. The van der Waals surface area contributed by atoms with Crippen molar-refractivity contribution in [3.8, 4) is 12.3 Å². The van der Waals surface area contributed by atoms with Gasteiger partial charge in [-0.1, -0.05) is 42.3 Å². The maximum Gasteiger partial charge on any atom is 0.127 e. The van der Waals surface area contributed by atoms with Crippen molar-refractivity contribution >= 4 is 12.4 Å². The molecule has 28 heavy (non-hydrogen) atoms. The number of rotatable bonds is 6. The van der Waals surface area contributed by atoms with Crippen molar-refractivity contribution in [3.63, 3.8) is 0 Å². The molecule has 2 nitrogen and oxygen atoms in total. The van der Waals surface area contributed by atoms with E-state index in [0.717, 1.165) is 26.1 Å². The van der Waals surface area contributed by atoms with Crippen LogP contribution in [0.4, 0.5) is 8.78 Å². The molecule has 0 spiro atoms. The van der Waals surface area contributed by atoms with E-state index in [1.807, 2.05) is 0 Å². The molecule has 0 unspecified atom stereocenters. The van der Waals surface area contributed by atoms with E-state index in [1.165, 1.54) is 12.1 Å². The molecule has 1 aliphatic rings. The summed E-state index contributed by atoms with van der Waals surface area (Å²) in [5, 5.41) is 10.1. The first-order valence-electron chi connectivity index (χ1n) is 9.44. The smallest absolute Gasteiger partial charge is 0.127 e. The fourth-order valence-electron chi connectivity index (χ4n) is 3.80. The highest BCUT2D eigenvalue weighted by molar-refractivity contribution is 5.85. The number of likely N-dealkylation sites (tertiary alicyclic amines) is 1. The Labute approximate surface area is 172 Å². The molecule has 150 valence electrons. The molecule has 0 amide bonds. The topological polar surface area (TPSA) is 23.5 Å². The Morgan fingerprint density at radius 3 is 1.96 bits per heavy atom. The van der Waals surface area contributed by atoms with Gasteiger partial charge in [0.2, 0.25) is 0 Å². The number of hydrogen-bond acceptors (Lipinski definition) is 2. The molecule has 5 heteroatoms. The van der Waals surface area contributed by atoms with Crippen LogP contribution in [0.15, 0.2) is 48.5 Å². The van der Waals surface area contributed by atoms with Crippen LogP contribution in [0.3, 0.4) is 0 Å². The molecule has 0 aromatic heterocycles. The van der Waals surface area contributed by atoms with Crippen molar-refractivity contribution in [2.75, 3.05) is 19.6 Å². The molecule has 1 saturated heterocycles. The molecular formula is C23H26ClF2NO. The van der Waals surface area contributed by atoms with E-state index < -0.39 is 5.60 Å². The van der Waals surface area contributed by atoms with Crippen molar-refractivity contribution in [3.05, 3.63) is 71.3 Å². The summed E-state index contributed by atoms with van der Waals surface area (Å²) in [6.45, 7) is 2.30. The minimum Gasteiger partial charge on any atom is -0.378 e. The number of halogens is 3. The first kappa shape index (κ1) is 22.4. The maximum atomic E-state index is 14.4. The Hall–Kier alpha value is -1.93. The fourth-order valence-corrected chi connectivity index (χ4v) is 3.80. The summed E-state index contributed by atoms with van der Waals surface area (Å²) in [5.41, 5.74) is 0.0743. The second kappa shape index (κ2) is 10.0. The molecule has 1 fully saturated rings. The highest BCUT2D eigenvalue weighted by atomic mass is 35.5. The zero-order valence-electron chi connectivity index (χ0n) is 15.8. The van der Waals surface area contributed by atoms with E-state index >= 15 is 0 Å². The second-order valence-electron chi connectivity index (χ2n) is 7.26. The number of hydrogen-bond donors (Lipinski definition) is 1. The Kier molecular flexibility index (Phi) is 8.00. The predicted octanol–water partition coefficient (Wildman–Crippen LogP) is 4.76. The van der Waals surface area contributed by atoms with Crippen LogP contribution in [0.1, 0.15) is 42.7 Å². The van der Waals surface area contributed by atoms with Crippen LogP contribution in [0.5, 0.6) is 0 Å². The maximum absolute atomic E-state index is 14.4. The lowest BCUT2D eigenvalue weighted by Crippen LogP contribution is -2.43. The number of aliphatic hydroxyl groups is 1. The Bertz CT molecular complexity index is 767. The summed E-state index contributed by atoms with van der Waals surface area (Å²) in [5.74, 6) is 1.55. The van der Waals surface area contributed by atoms with E-state index in [9.17, 15) is 13.9 Å². The van der Waals surface area contributed by atoms with E-state index in [2.05, 4.69) is 10.8 Å². The molecule has 0 atom stereocenters. The monoisotopic (exact) mass is 405 g/mol. The highest BCUT2D eigenvalue weighted by Gasteiger charge is 2.30. The van der Waals surface area contributed by atoms with Gasteiger partial charge in [-0.15, -0.1) is 18.8 Å². The number of piperidine rings is 1. The van der Waals surface area contributed by atoms with Gasteiger partial charge in [0.1, 0.15) is 17.2 Å². The lowest BCUT2D eigenvalue weighted by atomic mass is 9.86. The van der Waals surface area contributed by atoms with Crippen LogP contribution in [0, 0.1) is 24.0 Å². The van der Waals surface area contributed by atoms with E-state index in [4.69, 9.17) is 6.42 Å². The summed E-state index contributed by atoms with van der Waals surface area (Å²) in [7, 11) is 0. The third kappa shape index (κ3) is 5.32. The molecule has 2 aromatic rings. The third-order valence-electron chi connectivity index (χ3n) is 5.48. The van der Waals surface area contributed by atoms with Gasteiger partial charge < -0.3 is 10.0 Å². The van der Waals surface area contributed by atoms with Crippen molar-refractivity contribution in [1.82, 2.24) is 4.90 Å². The zero-order chi connectivity index (χ0) is 19.3. The lowest BCUT2D eigenvalue weighted by molar-refractivity contribution is 0.0268. The van der Waals surface area contributed by atoms with Crippen LogP contribution in [-0.2, 0) is 0 Å². The largest absolute Gasteiger partial charge is 0.378 e. The average molecular weight is 406 g/mol. The van der Waals surface area contributed by atoms with Gasteiger partial charge >= 0.3 is 0 Å². The van der Waals surface area contributed by atoms with Gasteiger partial charge in [0.15, 0.2) is 0 Å². The summed E-state index contributed by atoms with van der Waals surface area (Å²) >= 11 is 0. The van der Waals surface area contributed by atoms with Gasteiger partial charge in [-0.05, 0) is 42.6 Å². The number of nitrogens with zero attached hydrogens (tertiary/aromatic N) is 1. The third-order valence-corrected chi connectivity index (χ3v) is 5.48. The van der Waals surface area contributed by atoms with Gasteiger partial charge in [-0.2, -0.15) is 0 Å². The standard InChI is InChI=1S/C23H25F2NO.ClH/c1-2-23(27)13-16-26(17-14-23)15-7-10-18(19-8-3-5-11-21(19)24)20-9-4-6-12-22(20)25;/h1,3-6,8-9,11-12,18,27H,7,10,13-17H2;1H. The number of terminal acetylenes is 1.